The Kier molecular flexibility index (Phi) is 6.74. The van der Waals surface area contributed by atoms with Gasteiger partial charge in [-0.15, -0.1) is 0 Å². The molecule has 0 aliphatic carbocycles. The molecule has 0 radical (unpaired) electrons. The molecule has 0 saturated carbocycles. The van der Waals surface area contributed by atoms with Crippen molar-refractivity contribution in [2.45, 2.75) is 26.6 Å². The molecule has 0 amide bonds. The molecule has 0 aliphatic rings. The first kappa shape index (κ1) is 16.7. The monoisotopic (exact) mass is 292 g/mol. The Hall–Kier alpha value is -1.34. The highest BCUT2D eigenvalue weighted by Crippen LogP contribution is 2.15. The summed E-state index contributed by atoms with van der Waals surface area (Å²) in [5, 5.41) is 3.24. The lowest BCUT2D eigenvalue weighted by atomic mass is 10.2. The molecule has 1 N–H and O–H groups in total. The van der Waals surface area contributed by atoms with E-state index in [0.717, 1.165) is 12.2 Å². The third-order valence-electron chi connectivity index (χ3n) is 2.23. The van der Waals surface area contributed by atoms with Crippen molar-refractivity contribution in [2.75, 3.05) is 19.9 Å². The van der Waals surface area contributed by atoms with Gasteiger partial charge >= 0.3 is 6.18 Å². The van der Waals surface area contributed by atoms with Crippen LogP contribution in [0.5, 0.6) is 5.75 Å². The zero-order chi connectivity index (χ0) is 15.0. The lowest BCUT2D eigenvalue weighted by molar-refractivity contribution is -0.186. The van der Waals surface area contributed by atoms with Crippen molar-refractivity contribution in [1.82, 2.24) is 10.3 Å². The van der Waals surface area contributed by atoms with Crippen molar-refractivity contribution >= 4 is 0 Å². The number of hydrogen-bond acceptors (Lipinski definition) is 4. The van der Waals surface area contributed by atoms with Gasteiger partial charge in [0.15, 0.2) is 6.79 Å². The number of rotatable bonds is 8. The highest BCUT2D eigenvalue weighted by molar-refractivity contribution is 5.19. The van der Waals surface area contributed by atoms with E-state index < -0.39 is 19.6 Å². The van der Waals surface area contributed by atoms with Gasteiger partial charge in [-0.2, -0.15) is 13.2 Å². The minimum absolute atomic E-state index is 0.375. The summed E-state index contributed by atoms with van der Waals surface area (Å²) in [5.74, 6) is 0.933. The van der Waals surface area contributed by atoms with E-state index in [-0.39, 0.29) is 0 Å². The molecule has 0 spiro atoms. The van der Waals surface area contributed by atoms with E-state index >= 15 is 0 Å². The van der Waals surface area contributed by atoms with Crippen molar-refractivity contribution in [2.24, 2.45) is 5.92 Å². The molecule has 0 aliphatic heterocycles. The summed E-state index contributed by atoms with van der Waals surface area (Å²) >= 11 is 0. The van der Waals surface area contributed by atoms with Crippen molar-refractivity contribution in [1.29, 1.82) is 0 Å². The maximum absolute atomic E-state index is 11.8. The number of nitrogens with one attached hydrogen (secondary N) is 1. The van der Waals surface area contributed by atoms with Crippen molar-refractivity contribution in [3.05, 3.63) is 24.0 Å². The fraction of sp³-hybridized carbons (Fsp3) is 0.615. The largest absolute Gasteiger partial charge is 0.466 e. The van der Waals surface area contributed by atoms with Crippen LogP contribution < -0.4 is 10.1 Å². The summed E-state index contributed by atoms with van der Waals surface area (Å²) < 4.78 is 44.8. The van der Waals surface area contributed by atoms with Gasteiger partial charge in [0.25, 0.3) is 0 Å². The van der Waals surface area contributed by atoms with Crippen LogP contribution in [-0.2, 0) is 11.3 Å². The second kappa shape index (κ2) is 8.06. The predicted molar refractivity (Wildman–Crippen MR) is 68.3 cm³/mol. The topological polar surface area (TPSA) is 43.4 Å². The van der Waals surface area contributed by atoms with Crippen molar-refractivity contribution < 1.29 is 22.6 Å². The zero-order valence-electron chi connectivity index (χ0n) is 11.5. The van der Waals surface area contributed by atoms with Crippen molar-refractivity contribution in [3.8, 4) is 5.75 Å². The number of pyridine rings is 1. The Morgan fingerprint density at radius 3 is 2.60 bits per heavy atom. The van der Waals surface area contributed by atoms with Gasteiger partial charge in [0.2, 0.25) is 0 Å². The second-order valence-corrected chi connectivity index (χ2v) is 4.74. The number of alkyl halides is 3. The normalized spacial score (nSPS) is 11.9. The summed E-state index contributed by atoms with van der Waals surface area (Å²) in [5.41, 5.74) is 0.842. The fourth-order valence-electron chi connectivity index (χ4n) is 1.36. The molecule has 20 heavy (non-hydrogen) atoms. The Morgan fingerprint density at radius 1 is 1.30 bits per heavy atom. The number of halogens is 3. The van der Waals surface area contributed by atoms with E-state index in [1.165, 1.54) is 6.20 Å². The van der Waals surface area contributed by atoms with E-state index in [4.69, 9.17) is 4.74 Å². The molecule has 1 rings (SSSR count). The van der Waals surface area contributed by atoms with Gasteiger partial charge in [0.05, 0.1) is 11.9 Å². The molecule has 0 atom stereocenters. The molecule has 0 fully saturated rings. The Labute approximate surface area is 116 Å². The first-order valence-corrected chi connectivity index (χ1v) is 6.30. The zero-order valence-corrected chi connectivity index (χ0v) is 11.5. The quantitative estimate of drug-likeness (QED) is 0.591. The Balaban J connectivity index is 2.25. The summed E-state index contributed by atoms with van der Waals surface area (Å²) in [6, 6.07) is 3.41. The molecule has 0 saturated heterocycles. The maximum atomic E-state index is 11.8. The van der Waals surface area contributed by atoms with E-state index in [1.54, 1.807) is 12.1 Å². The molecule has 114 valence electrons. The molecule has 0 unspecified atom stereocenters. The van der Waals surface area contributed by atoms with E-state index in [2.05, 4.69) is 28.9 Å². The molecular weight excluding hydrogens is 273 g/mol. The van der Waals surface area contributed by atoms with Gasteiger partial charge in [-0.25, -0.2) is 0 Å². The maximum Gasteiger partial charge on any atom is 0.411 e. The highest BCUT2D eigenvalue weighted by Gasteiger charge is 2.27. The summed E-state index contributed by atoms with van der Waals surface area (Å²) in [6.45, 7) is 3.98. The van der Waals surface area contributed by atoms with Gasteiger partial charge < -0.3 is 14.8 Å². The third-order valence-corrected chi connectivity index (χ3v) is 2.23. The molecular formula is C13H19F3N2O2. The van der Waals surface area contributed by atoms with Gasteiger partial charge in [0.1, 0.15) is 12.4 Å². The summed E-state index contributed by atoms with van der Waals surface area (Å²) in [6.07, 6.45) is -2.88. The first-order chi connectivity index (χ1) is 9.37. The lowest BCUT2D eigenvalue weighted by Crippen LogP contribution is -2.20. The van der Waals surface area contributed by atoms with Crippen LogP contribution in [0.1, 0.15) is 19.5 Å². The van der Waals surface area contributed by atoms with Crippen LogP contribution in [0.15, 0.2) is 18.3 Å². The minimum Gasteiger partial charge on any atom is -0.466 e. The average molecular weight is 292 g/mol. The standard InChI is InChI=1S/C13H19F3N2O2/c1-10(2)5-17-6-11-3-4-12(7-18-11)20-9-19-8-13(14,15)16/h3-4,7,10,17H,5-6,8-9H2,1-2H3. The van der Waals surface area contributed by atoms with E-state index in [9.17, 15) is 13.2 Å². The SMILES string of the molecule is CC(C)CNCc1ccc(OCOCC(F)(F)F)cn1. The molecule has 1 aromatic heterocycles. The number of hydrogen-bond donors (Lipinski definition) is 1. The van der Waals surface area contributed by atoms with Crippen LogP contribution in [0.3, 0.4) is 0 Å². The number of aromatic nitrogens is 1. The highest BCUT2D eigenvalue weighted by atomic mass is 19.4. The number of ether oxygens (including phenoxy) is 2. The summed E-state index contributed by atoms with van der Waals surface area (Å²) in [4.78, 5) is 4.14. The molecule has 1 heterocycles. The molecule has 4 nitrogen and oxygen atoms in total. The lowest BCUT2D eigenvalue weighted by Gasteiger charge is -2.10. The van der Waals surface area contributed by atoms with Gasteiger partial charge in [-0.3, -0.25) is 4.98 Å². The fourth-order valence-corrected chi connectivity index (χ4v) is 1.36. The number of nitrogens with zero attached hydrogens (tertiary/aromatic N) is 1. The van der Waals surface area contributed by atoms with Crippen LogP contribution >= 0.6 is 0 Å². The molecule has 0 aromatic carbocycles. The predicted octanol–water partition coefficient (Wildman–Crippen LogP) is 2.74. The van der Waals surface area contributed by atoms with Gasteiger partial charge in [-0.05, 0) is 24.6 Å². The first-order valence-electron chi connectivity index (χ1n) is 6.30. The Bertz CT molecular complexity index is 380. The second-order valence-electron chi connectivity index (χ2n) is 4.74. The average Bonchev–Trinajstić information content (AvgIpc) is 2.35. The molecule has 7 heteroatoms. The smallest absolute Gasteiger partial charge is 0.411 e. The molecule has 0 bridgehead atoms. The van der Waals surface area contributed by atoms with Crippen molar-refractivity contribution in [3.63, 3.8) is 0 Å². The van der Waals surface area contributed by atoms with Gasteiger partial charge in [0, 0.05) is 6.54 Å². The van der Waals surface area contributed by atoms with E-state index in [1.807, 2.05) is 0 Å². The van der Waals surface area contributed by atoms with Crippen LogP contribution in [0.2, 0.25) is 0 Å². The van der Waals surface area contributed by atoms with Crippen LogP contribution in [-0.4, -0.2) is 31.1 Å². The van der Waals surface area contributed by atoms with Crippen LogP contribution in [0.25, 0.3) is 0 Å². The minimum atomic E-state index is -4.34. The summed E-state index contributed by atoms with van der Waals surface area (Å²) in [7, 11) is 0. The van der Waals surface area contributed by atoms with Crippen LogP contribution in [0, 0.1) is 5.92 Å². The molecule has 1 aromatic rings. The van der Waals surface area contributed by atoms with Gasteiger partial charge in [-0.1, -0.05) is 13.8 Å². The van der Waals surface area contributed by atoms with E-state index in [0.29, 0.717) is 18.2 Å². The van der Waals surface area contributed by atoms with Crippen LogP contribution in [0.4, 0.5) is 13.2 Å². The Morgan fingerprint density at radius 2 is 2.05 bits per heavy atom. The third kappa shape index (κ3) is 7.96.